The standard InChI is InChI=1S/C30H38N10O4/c1-37-10-12-40(13-11-37)30(42)33-25-8-6-24(7-9-25)32-29(41)31-23-4-2-22(3-5-23)26-34-27(38-14-18-43-19-15-38)36-28(35-26)39-16-20-44-21-17-39/h2-9H,10-21H2,1H3,(H,33,42)(H2,31,32,41). The van der Waals surface area contributed by atoms with Gasteiger partial charge in [-0.15, -0.1) is 0 Å². The van der Waals surface area contributed by atoms with E-state index in [9.17, 15) is 9.59 Å². The Morgan fingerprint density at radius 3 is 1.57 bits per heavy atom. The molecule has 0 saturated carbocycles. The smallest absolute Gasteiger partial charge is 0.323 e. The molecule has 44 heavy (non-hydrogen) atoms. The van der Waals surface area contributed by atoms with Gasteiger partial charge in [0.25, 0.3) is 0 Å². The number of urea groups is 2. The SMILES string of the molecule is CN1CCN(C(=O)Nc2ccc(NC(=O)Nc3ccc(-c4nc(N5CCOCC5)nc(N5CCOCC5)n4)cc3)cc2)CC1. The minimum absolute atomic E-state index is 0.119. The Bertz CT molecular complexity index is 1380. The summed E-state index contributed by atoms with van der Waals surface area (Å²) in [6, 6.07) is 13.9. The van der Waals surface area contributed by atoms with Gasteiger partial charge in [-0.1, -0.05) is 0 Å². The van der Waals surface area contributed by atoms with Gasteiger partial charge in [0.2, 0.25) is 11.9 Å². The van der Waals surface area contributed by atoms with Crippen molar-refractivity contribution < 1.29 is 19.1 Å². The van der Waals surface area contributed by atoms with Crippen LogP contribution in [0.3, 0.4) is 0 Å². The van der Waals surface area contributed by atoms with Crippen LogP contribution in [0.25, 0.3) is 11.4 Å². The van der Waals surface area contributed by atoms with Crippen LogP contribution in [-0.2, 0) is 9.47 Å². The zero-order chi connectivity index (χ0) is 30.3. The molecule has 3 N–H and O–H groups in total. The van der Waals surface area contributed by atoms with Gasteiger partial charge >= 0.3 is 12.1 Å². The van der Waals surface area contributed by atoms with Gasteiger partial charge in [0.05, 0.1) is 26.4 Å². The molecule has 4 amide bonds. The molecule has 3 aliphatic rings. The van der Waals surface area contributed by atoms with E-state index >= 15 is 0 Å². The van der Waals surface area contributed by atoms with E-state index in [4.69, 9.17) is 24.4 Å². The molecule has 14 nitrogen and oxygen atoms in total. The van der Waals surface area contributed by atoms with Crippen LogP contribution in [0.4, 0.5) is 38.5 Å². The lowest BCUT2D eigenvalue weighted by atomic mass is 10.2. The zero-order valence-corrected chi connectivity index (χ0v) is 24.9. The lowest BCUT2D eigenvalue weighted by Gasteiger charge is -2.32. The summed E-state index contributed by atoms with van der Waals surface area (Å²) in [5.41, 5.74) is 2.71. The van der Waals surface area contributed by atoms with Gasteiger partial charge in [-0.2, -0.15) is 15.0 Å². The molecule has 14 heteroatoms. The average Bonchev–Trinajstić information content (AvgIpc) is 3.07. The van der Waals surface area contributed by atoms with Crippen molar-refractivity contribution in [2.24, 2.45) is 0 Å². The largest absolute Gasteiger partial charge is 0.378 e. The van der Waals surface area contributed by atoms with Gasteiger partial charge in [0, 0.05) is 75.0 Å². The molecule has 6 rings (SSSR count). The van der Waals surface area contributed by atoms with Gasteiger partial charge in [-0.05, 0) is 55.6 Å². The van der Waals surface area contributed by atoms with Gasteiger partial charge in [-0.25, -0.2) is 9.59 Å². The first-order valence-electron chi connectivity index (χ1n) is 14.9. The molecule has 0 bridgehead atoms. The van der Waals surface area contributed by atoms with Gasteiger partial charge in [0.15, 0.2) is 5.82 Å². The summed E-state index contributed by atoms with van der Waals surface area (Å²) in [5, 5.41) is 8.61. The fraction of sp³-hybridized carbons (Fsp3) is 0.433. The van der Waals surface area contributed by atoms with E-state index in [-0.39, 0.29) is 12.1 Å². The van der Waals surface area contributed by atoms with Gasteiger partial charge in [-0.3, -0.25) is 0 Å². The van der Waals surface area contributed by atoms with Crippen LogP contribution in [0.1, 0.15) is 0 Å². The van der Waals surface area contributed by atoms with Gasteiger partial charge in [0.1, 0.15) is 0 Å². The summed E-state index contributed by atoms with van der Waals surface area (Å²) in [4.78, 5) is 47.8. The molecule has 4 heterocycles. The fourth-order valence-electron chi connectivity index (χ4n) is 5.14. The van der Waals surface area contributed by atoms with Crippen molar-refractivity contribution in [2.75, 3.05) is 112 Å². The number of benzene rings is 2. The highest BCUT2D eigenvalue weighted by Gasteiger charge is 2.22. The minimum Gasteiger partial charge on any atom is -0.378 e. The number of likely N-dealkylation sites (N-methyl/N-ethyl adjacent to an activating group) is 1. The van der Waals surface area contributed by atoms with Crippen LogP contribution < -0.4 is 25.8 Å². The number of nitrogens with one attached hydrogen (secondary N) is 3. The number of piperazine rings is 1. The molecule has 0 radical (unpaired) electrons. The first kappa shape index (κ1) is 29.5. The van der Waals surface area contributed by atoms with Crippen molar-refractivity contribution in [1.82, 2.24) is 24.8 Å². The van der Waals surface area contributed by atoms with Gasteiger partial charge < -0.3 is 45.0 Å². The first-order chi connectivity index (χ1) is 21.5. The Balaban J connectivity index is 1.07. The van der Waals surface area contributed by atoms with Crippen LogP contribution >= 0.6 is 0 Å². The highest BCUT2D eigenvalue weighted by Crippen LogP contribution is 2.24. The third-order valence-electron chi connectivity index (χ3n) is 7.79. The van der Waals surface area contributed by atoms with Crippen LogP contribution in [-0.4, -0.2) is 123 Å². The summed E-state index contributed by atoms with van der Waals surface area (Å²) in [6.45, 7) is 8.53. The molecular weight excluding hydrogens is 564 g/mol. The maximum Gasteiger partial charge on any atom is 0.323 e. The molecule has 3 saturated heterocycles. The van der Waals surface area contributed by atoms with Crippen LogP contribution in [0.2, 0.25) is 0 Å². The molecule has 0 atom stereocenters. The summed E-state index contributed by atoms with van der Waals surface area (Å²) >= 11 is 0. The van der Waals surface area contributed by atoms with Crippen molar-refractivity contribution in [1.29, 1.82) is 0 Å². The second-order valence-electron chi connectivity index (χ2n) is 10.9. The Kier molecular flexibility index (Phi) is 9.29. The topological polar surface area (TPSA) is 140 Å². The van der Waals surface area contributed by atoms with Crippen molar-refractivity contribution in [3.8, 4) is 11.4 Å². The molecular formula is C30H38N10O4. The molecule has 232 valence electrons. The summed E-state index contributed by atoms with van der Waals surface area (Å²) < 4.78 is 11.0. The summed E-state index contributed by atoms with van der Waals surface area (Å²) in [6.07, 6.45) is 0. The molecule has 3 aromatic rings. The third kappa shape index (κ3) is 7.51. The van der Waals surface area contributed by atoms with E-state index in [1.165, 1.54) is 0 Å². The maximum atomic E-state index is 12.7. The predicted molar refractivity (Wildman–Crippen MR) is 168 cm³/mol. The van der Waals surface area contributed by atoms with E-state index < -0.39 is 0 Å². The number of hydrogen-bond donors (Lipinski definition) is 3. The van der Waals surface area contributed by atoms with E-state index in [0.717, 1.165) is 44.8 Å². The minimum atomic E-state index is -0.378. The van der Waals surface area contributed by atoms with Crippen molar-refractivity contribution in [3.63, 3.8) is 0 Å². The number of hydrogen-bond acceptors (Lipinski definition) is 10. The van der Waals surface area contributed by atoms with Crippen molar-refractivity contribution in [3.05, 3.63) is 48.5 Å². The average molecular weight is 603 g/mol. The Morgan fingerprint density at radius 1 is 0.614 bits per heavy atom. The molecule has 0 aliphatic carbocycles. The van der Waals surface area contributed by atoms with Crippen molar-refractivity contribution >= 4 is 41.0 Å². The number of amides is 4. The molecule has 1 aromatic heterocycles. The van der Waals surface area contributed by atoms with E-state index in [1.807, 2.05) is 31.3 Å². The lowest BCUT2D eigenvalue weighted by molar-refractivity contribution is 0.121. The van der Waals surface area contributed by atoms with E-state index in [1.54, 1.807) is 29.2 Å². The second kappa shape index (κ2) is 13.8. The lowest BCUT2D eigenvalue weighted by Crippen LogP contribution is -2.48. The number of carbonyl (C=O) groups is 2. The Morgan fingerprint density at radius 2 is 1.07 bits per heavy atom. The number of rotatable bonds is 6. The second-order valence-corrected chi connectivity index (χ2v) is 10.9. The number of anilines is 5. The number of ether oxygens (including phenoxy) is 2. The first-order valence-corrected chi connectivity index (χ1v) is 14.9. The monoisotopic (exact) mass is 602 g/mol. The highest BCUT2D eigenvalue weighted by atomic mass is 16.5. The molecule has 2 aromatic carbocycles. The van der Waals surface area contributed by atoms with Crippen molar-refractivity contribution in [2.45, 2.75) is 0 Å². The quantitative estimate of drug-likeness (QED) is 0.386. The summed E-state index contributed by atoms with van der Waals surface area (Å²) in [7, 11) is 2.05. The van der Waals surface area contributed by atoms with Crippen LogP contribution in [0.15, 0.2) is 48.5 Å². The van der Waals surface area contributed by atoms with E-state index in [0.29, 0.717) is 74.3 Å². The molecule has 3 fully saturated rings. The number of nitrogens with zero attached hydrogens (tertiary/aromatic N) is 7. The molecule has 0 unspecified atom stereocenters. The molecule has 3 aliphatic heterocycles. The third-order valence-corrected chi connectivity index (χ3v) is 7.79. The van der Waals surface area contributed by atoms with Crippen LogP contribution in [0, 0.1) is 0 Å². The summed E-state index contributed by atoms with van der Waals surface area (Å²) in [5.74, 6) is 1.83. The fourth-order valence-corrected chi connectivity index (χ4v) is 5.14. The molecule has 0 spiro atoms. The number of aromatic nitrogens is 3. The number of carbonyl (C=O) groups excluding carboxylic acids is 2. The Hall–Kier alpha value is -4.53. The number of morpholine rings is 2. The van der Waals surface area contributed by atoms with Crippen LogP contribution in [0.5, 0.6) is 0 Å². The maximum absolute atomic E-state index is 12.7. The normalized spacial score (nSPS) is 17.7. The highest BCUT2D eigenvalue weighted by molar-refractivity contribution is 6.00. The predicted octanol–water partition coefficient (Wildman–Crippen LogP) is 2.64. The Labute approximate surface area is 256 Å². The van der Waals surface area contributed by atoms with E-state index in [2.05, 4.69) is 30.7 Å². The zero-order valence-electron chi connectivity index (χ0n) is 24.9.